The third-order valence-electron chi connectivity index (χ3n) is 6.23. The first-order chi connectivity index (χ1) is 18.7. The highest BCUT2D eigenvalue weighted by molar-refractivity contribution is 5.82. The third-order valence-corrected chi connectivity index (χ3v) is 6.23. The average Bonchev–Trinajstić information content (AvgIpc) is 2.92. The van der Waals surface area contributed by atoms with Gasteiger partial charge in [-0.1, -0.05) is 6.07 Å². The molecule has 1 fully saturated rings. The number of rotatable bonds is 8. The van der Waals surface area contributed by atoms with E-state index >= 15 is 0 Å². The van der Waals surface area contributed by atoms with E-state index in [1.165, 1.54) is 25.4 Å². The Kier molecular flexibility index (Phi) is 7.49. The molecule has 12 heteroatoms. The number of halogens is 2. The molecule has 0 bridgehead atoms. The Bertz CT molecular complexity index is 1470. The van der Waals surface area contributed by atoms with Crippen LogP contribution in [0.4, 0.5) is 14.6 Å². The molecule has 4 heterocycles. The number of nitrogens with zero attached hydrogens (tertiary/aromatic N) is 7. The number of aromatic nitrogens is 5. The van der Waals surface area contributed by atoms with Crippen molar-refractivity contribution in [1.29, 1.82) is 0 Å². The summed E-state index contributed by atoms with van der Waals surface area (Å²) in [5.41, 5.74) is 1.57. The maximum Gasteiger partial charge on any atom is 0.232 e. The summed E-state index contributed by atoms with van der Waals surface area (Å²) in [5.74, 6) is 0.142. The number of methoxy groups -OCH3 is 1. The SMILES string of the molecule is COc1cncc(-c2nc3cnc(OCC(C)(C)O)cc3nc2N2CCN(Cc3ccc(F)cc3F)CC2)n1. The normalized spacial score (nSPS) is 14.6. The van der Waals surface area contributed by atoms with Crippen LogP contribution in [0.25, 0.3) is 22.4 Å². The number of fused-ring (bicyclic) bond motifs is 1. The second-order valence-corrected chi connectivity index (χ2v) is 9.95. The standard InChI is InChI=1S/C27H29F2N7O3/c1-27(2,37)16-39-23-11-20-21(13-31-23)33-25(22-12-30-14-24(32-22)38-3)26(34-20)36-8-6-35(7-9-36)15-17-4-5-18(28)10-19(17)29/h4-5,10-14,37H,6-9,15-16H2,1-3H3. The first kappa shape index (κ1) is 26.6. The molecule has 1 N–H and O–H groups in total. The van der Waals surface area contributed by atoms with Crippen LogP contribution in [0.3, 0.4) is 0 Å². The lowest BCUT2D eigenvalue weighted by Gasteiger charge is -2.36. The minimum absolute atomic E-state index is 0.0693. The molecule has 3 aromatic heterocycles. The van der Waals surface area contributed by atoms with Gasteiger partial charge in [0.1, 0.15) is 35.1 Å². The van der Waals surface area contributed by atoms with Crippen molar-refractivity contribution in [3.05, 3.63) is 60.1 Å². The van der Waals surface area contributed by atoms with Crippen LogP contribution in [0, 0.1) is 11.6 Å². The summed E-state index contributed by atoms with van der Waals surface area (Å²) >= 11 is 0. The van der Waals surface area contributed by atoms with Gasteiger partial charge in [-0.3, -0.25) is 9.88 Å². The van der Waals surface area contributed by atoms with E-state index < -0.39 is 17.2 Å². The summed E-state index contributed by atoms with van der Waals surface area (Å²) in [5, 5.41) is 10.0. The zero-order valence-corrected chi connectivity index (χ0v) is 21.9. The zero-order valence-electron chi connectivity index (χ0n) is 21.9. The molecule has 1 aliphatic rings. The van der Waals surface area contributed by atoms with E-state index in [9.17, 15) is 13.9 Å². The van der Waals surface area contributed by atoms with Crippen molar-refractivity contribution in [3.8, 4) is 23.1 Å². The van der Waals surface area contributed by atoms with Crippen LogP contribution in [-0.4, -0.2) is 80.4 Å². The third kappa shape index (κ3) is 6.35. The largest absolute Gasteiger partial charge is 0.480 e. The molecule has 0 unspecified atom stereocenters. The van der Waals surface area contributed by atoms with Gasteiger partial charge in [0.2, 0.25) is 11.8 Å². The summed E-state index contributed by atoms with van der Waals surface area (Å²) in [6.07, 6.45) is 4.68. The van der Waals surface area contributed by atoms with Crippen LogP contribution in [0.1, 0.15) is 19.4 Å². The molecule has 0 amide bonds. The van der Waals surface area contributed by atoms with Gasteiger partial charge in [0.25, 0.3) is 0 Å². The van der Waals surface area contributed by atoms with Crippen LogP contribution >= 0.6 is 0 Å². The summed E-state index contributed by atoms with van der Waals surface area (Å²) in [7, 11) is 1.52. The average molecular weight is 538 g/mol. The molecular weight excluding hydrogens is 508 g/mol. The van der Waals surface area contributed by atoms with Crippen molar-refractivity contribution in [3.63, 3.8) is 0 Å². The Hall–Kier alpha value is -4.03. The number of pyridine rings is 1. The first-order valence-electron chi connectivity index (χ1n) is 12.5. The molecule has 1 saturated heterocycles. The van der Waals surface area contributed by atoms with E-state index in [4.69, 9.17) is 19.4 Å². The highest BCUT2D eigenvalue weighted by atomic mass is 19.1. The molecule has 0 atom stereocenters. The number of ether oxygens (including phenoxy) is 2. The van der Waals surface area contributed by atoms with E-state index in [1.807, 2.05) is 0 Å². The van der Waals surface area contributed by atoms with Crippen molar-refractivity contribution < 1.29 is 23.4 Å². The molecule has 0 aliphatic carbocycles. The van der Waals surface area contributed by atoms with Crippen molar-refractivity contribution in [2.45, 2.75) is 26.0 Å². The van der Waals surface area contributed by atoms with Crippen molar-refractivity contribution >= 4 is 16.9 Å². The maximum absolute atomic E-state index is 14.2. The highest BCUT2D eigenvalue weighted by Gasteiger charge is 2.25. The van der Waals surface area contributed by atoms with Gasteiger partial charge in [0.15, 0.2) is 5.82 Å². The first-order valence-corrected chi connectivity index (χ1v) is 12.5. The Morgan fingerprint density at radius 1 is 0.949 bits per heavy atom. The summed E-state index contributed by atoms with van der Waals surface area (Å²) in [6, 6.07) is 5.35. The number of hydrogen-bond acceptors (Lipinski definition) is 10. The molecule has 0 saturated carbocycles. The molecule has 0 spiro atoms. The fourth-order valence-corrected chi connectivity index (χ4v) is 4.22. The molecule has 39 heavy (non-hydrogen) atoms. The lowest BCUT2D eigenvalue weighted by atomic mass is 10.1. The van der Waals surface area contributed by atoms with E-state index in [2.05, 4.69) is 24.8 Å². The number of aliphatic hydroxyl groups is 1. The molecular formula is C27H29F2N7O3. The maximum atomic E-state index is 14.2. The minimum atomic E-state index is -1.02. The van der Waals surface area contributed by atoms with Crippen LogP contribution in [0.15, 0.2) is 42.9 Å². The second-order valence-electron chi connectivity index (χ2n) is 9.95. The highest BCUT2D eigenvalue weighted by Crippen LogP contribution is 2.31. The van der Waals surface area contributed by atoms with Crippen molar-refractivity contribution in [1.82, 2.24) is 29.8 Å². The number of hydrogen-bond donors (Lipinski definition) is 1. The van der Waals surface area contributed by atoms with Gasteiger partial charge in [0, 0.05) is 50.4 Å². The molecule has 1 aliphatic heterocycles. The molecule has 10 nitrogen and oxygen atoms in total. The lowest BCUT2D eigenvalue weighted by molar-refractivity contribution is 0.0269. The molecule has 0 radical (unpaired) electrons. The van der Waals surface area contributed by atoms with Crippen LogP contribution < -0.4 is 14.4 Å². The number of piperazine rings is 1. The van der Waals surface area contributed by atoms with E-state index in [0.717, 1.165) is 6.07 Å². The molecule has 204 valence electrons. The predicted octanol–water partition coefficient (Wildman–Crippen LogP) is 3.24. The molecule has 1 aromatic carbocycles. The van der Waals surface area contributed by atoms with Crippen molar-refractivity contribution in [2.75, 3.05) is 44.8 Å². The van der Waals surface area contributed by atoms with Gasteiger partial charge < -0.3 is 19.5 Å². The minimum Gasteiger partial charge on any atom is -0.480 e. The zero-order chi connectivity index (χ0) is 27.6. The second kappa shape index (κ2) is 11.0. The van der Waals surface area contributed by atoms with Crippen LogP contribution in [0.5, 0.6) is 11.8 Å². The molecule has 4 aromatic rings. The fourth-order valence-electron chi connectivity index (χ4n) is 4.22. The summed E-state index contributed by atoms with van der Waals surface area (Å²) < 4.78 is 38.4. The van der Waals surface area contributed by atoms with E-state index in [0.29, 0.717) is 78.3 Å². The predicted molar refractivity (Wildman–Crippen MR) is 141 cm³/mol. The monoisotopic (exact) mass is 537 g/mol. The van der Waals surface area contributed by atoms with Crippen molar-refractivity contribution in [2.24, 2.45) is 0 Å². The Morgan fingerprint density at radius 2 is 1.74 bits per heavy atom. The van der Waals surface area contributed by atoms with Gasteiger partial charge in [-0.25, -0.2) is 28.7 Å². The van der Waals surface area contributed by atoms with Gasteiger partial charge in [-0.2, -0.15) is 0 Å². The number of anilines is 1. The summed E-state index contributed by atoms with van der Waals surface area (Å²) in [4.78, 5) is 27.0. The van der Waals surface area contributed by atoms with Gasteiger partial charge in [-0.15, -0.1) is 0 Å². The summed E-state index contributed by atoms with van der Waals surface area (Å²) in [6.45, 7) is 6.22. The Morgan fingerprint density at radius 3 is 2.46 bits per heavy atom. The van der Waals surface area contributed by atoms with Gasteiger partial charge >= 0.3 is 0 Å². The lowest BCUT2D eigenvalue weighted by Crippen LogP contribution is -2.46. The quantitative estimate of drug-likeness (QED) is 0.360. The Balaban J connectivity index is 1.44. The van der Waals surface area contributed by atoms with Gasteiger partial charge in [-0.05, 0) is 19.9 Å². The van der Waals surface area contributed by atoms with Crippen LogP contribution in [-0.2, 0) is 6.54 Å². The fraction of sp³-hybridized carbons (Fsp3) is 0.370. The topological polar surface area (TPSA) is 110 Å². The Labute approximate surface area is 224 Å². The van der Waals surface area contributed by atoms with Gasteiger partial charge in [0.05, 0.1) is 36.8 Å². The van der Waals surface area contributed by atoms with E-state index in [1.54, 1.807) is 32.3 Å². The van der Waals surface area contributed by atoms with E-state index in [-0.39, 0.29) is 6.61 Å². The number of benzene rings is 1. The molecule has 5 rings (SSSR count). The van der Waals surface area contributed by atoms with Crippen LogP contribution in [0.2, 0.25) is 0 Å². The smallest absolute Gasteiger partial charge is 0.232 e.